The van der Waals surface area contributed by atoms with E-state index in [2.05, 4.69) is 16.3 Å². The molecule has 0 saturated carbocycles. The van der Waals surface area contributed by atoms with Crippen LogP contribution in [0, 0.1) is 11.3 Å². The van der Waals surface area contributed by atoms with Crippen LogP contribution in [0.4, 0.5) is 0 Å². The second-order valence-corrected chi connectivity index (χ2v) is 6.05. The molecule has 1 heterocycles. The highest BCUT2D eigenvalue weighted by molar-refractivity contribution is 5.88. The third-order valence-corrected chi connectivity index (χ3v) is 4.66. The van der Waals surface area contributed by atoms with Gasteiger partial charge in [-0.1, -0.05) is 60.7 Å². The smallest absolute Gasteiger partial charge is 0.351 e. The summed E-state index contributed by atoms with van der Waals surface area (Å²) in [6.07, 6.45) is 0.469. The lowest BCUT2D eigenvalue weighted by atomic mass is 9.63. The van der Waals surface area contributed by atoms with E-state index in [1.807, 2.05) is 60.7 Å². The normalized spacial score (nSPS) is 24.6. The fraction of sp³-hybridized carbons (Fsp3) is 0.300. The van der Waals surface area contributed by atoms with Gasteiger partial charge in [-0.3, -0.25) is 0 Å². The maximum Gasteiger partial charge on any atom is 0.351 e. The van der Waals surface area contributed by atoms with E-state index in [4.69, 9.17) is 4.74 Å². The summed E-state index contributed by atoms with van der Waals surface area (Å²) in [5.74, 6) is -0.640. The summed E-state index contributed by atoms with van der Waals surface area (Å²) < 4.78 is 5.22. The van der Waals surface area contributed by atoms with E-state index in [9.17, 15) is 10.1 Å². The van der Waals surface area contributed by atoms with Crippen molar-refractivity contribution in [3.05, 3.63) is 71.8 Å². The first-order chi connectivity index (χ1) is 12.2. The van der Waals surface area contributed by atoms with Crippen molar-refractivity contribution in [1.29, 1.82) is 5.26 Å². The Kier molecular flexibility index (Phi) is 4.62. The topological polar surface area (TPSA) is 74.8 Å². The highest BCUT2D eigenvalue weighted by Gasteiger charge is 2.63. The molecule has 3 rings (SSSR count). The lowest BCUT2D eigenvalue weighted by Crippen LogP contribution is -2.56. The molecular formula is C20H19N3O2. The Morgan fingerprint density at radius 1 is 1.16 bits per heavy atom. The molecule has 2 atom stereocenters. The van der Waals surface area contributed by atoms with Crippen LogP contribution in [-0.4, -0.2) is 24.7 Å². The van der Waals surface area contributed by atoms with Gasteiger partial charge in [0.25, 0.3) is 5.54 Å². The van der Waals surface area contributed by atoms with Gasteiger partial charge in [0.1, 0.15) is 6.07 Å². The monoisotopic (exact) mass is 333 g/mol. The second-order valence-electron chi connectivity index (χ2n) is 6.05. The fourth-order valence-electron chi connectivity index (χ4n) is 3.41. The number of azo groups is 1. The van der Waals surface area contributed by atoms with E-state index >= 15 is 0 Å². The second kappa shape index (κ2) is 6.86. The SMILES string of the molecule is CCOC(=O)C1(C#N)N=NCC1(Cc1ccccc1)c1ccccc1. The number of carbonyl (C=O) groups excluding carboxylic acids is 1. The predicted octanol–water partition coefficient (Wildman–Crippen LogP) is 3.46. The molecule has 5 nitrogen and oxygen atoms in total. The van der Waals surface area contributed by atoms with E-state index in [0.29, 0.717) is 6.42 Å². The van der Waals surface area contributed by atoms with Gasteiger partial charge < -0.3 is 4.74 Å². The lowest BCUT2D eigenvalue weighted by Gasteiger charge is -2.37. The predicted molar refractivity (Wildman–Crippen MR) is 93.0 cm³/mol. The van der Waals surface area contributed by atoms with Crippen molar-refractivity contribution in [3.63, 3.8) is 0 Å². The Bertz CT molecular complexity index is 814. The maximum atomic E-state index is 12.8. The van der Waals surface area contributed by atoms with Crippen LogP contribution in [0.25, 0.3) is 0 Å². The summed E-state index contributed by atoms with van der Waals surface area (Å²) in [4.78, 5) is 12.8. The molecule has 1 aliphatic heterocycles. The Morgan fingerprint density at radius 3 is 2.40 bits per heavy atom. The molecule has 0 spiro atoms. The molecule has 0 aromatic heterocycles. The summed E-state index contributed by atoms with van der Waals surface area (Å²) >= 11 is 0. The summed E-state index contributed by atoms with van der Waals surface area (Å²) in [7, 11) is 0. The van der Waals surface area contributed by atoms with Crippen molar-refractivity contribution < 1.29 is 9.53 Å². The largest absolute Gasteiger partial charge is 0.463 e. The van der Waals surface area contributed by atoms with Crippen molar-refractivity contribution in [2.45, 2.75) is 24.3 Å². The molecule has 0 amide bonds. The fourth-order valence-corrected chi connectivity index (χ4v) is 3.41. The maximum absolute atomic E-state index is 12.8. The molecule has 2 aromatic carbocycles. The lowest BCUT2D eigenvalue weighted by molar-refractivity contribution is -0.149. The van der Waals surface area contributed by atoms with Crippen molar-refractivity contribution in [1.82, 2.24) is 0 Å². The quantitative estimate of drug-likeness (QED) is 0.786. The zero-order chi connectivity index (χ0) is 17.8. The van der Waals surface area contributed by atoms with Gasteiger partial charge in [0, 0.05) is 0 Å². The van der Waals surface area contributed by atoms with Gasteiger partial charge in [0.2, 0.25) is 0 Å². The summed E-state index contributed by atoms with van der Waals surface area (Å²) in [6.45, 7) is 2.17. The molecule has 1 aliphatic rings. The van der Waals surface area contributed by atoms with Crippen LogP contribution in [0.3, 0.4) is 0 Å². The van der Waals surface area contributed by atoms with Gasteiger partial charge in [-0.05, 0) is 24.5 Å². The van der Waals surface area contributed by atoms with E-state index in [1.165, 1.54) is 0 Å². The Labute approximate surface area is 147 Å². The Morgan fingerprint density at radius 2 is 1.80 bits per heavy atom. The van der Waals surface area contributed by atoms with E-state index in [1.54, 1.807) is 6.92 Å². The first-order valence-corrected chi connectivity index (χ1v) is 8.25. The van der Waals surface area contributed by atoms with E-state index < -0.39 is 16.9 Å². The van der Waals surface area contributed by atoms with Crippen LogP contribution in [0.2, 0.25) is 0 Å². The summed E-state index contributed by atoms with van der Waals surface area (Å²) in [5.41, 5.74) is -0.697. The number of carbonyl (C=O) groups is 1. The number of nitrogens with zero attached hydrogens (tertiary/aromatic N) is 3. The van der Waals surface area contributed by atoms with Crippen LogP contribution in [0.1, 0.15) is 18.1 Å². The van der Waals surface area contributed by atoms with E-state index in [-0.39, 0.29) is 13.2 Å². The number of nitriles is 1. The molecule has 2 aromatic rings. The highest BCUT2D eigenvalue weighted by Crippen LogP contribution is 2.46. The first-order valence-electron chi connectivity index (χ1n) is 8.25. The van der Waals surface area contributed by atoms with Crippen LogP contribution in [-0.2, 0) is 21.4 Å². The van der Waals surface area contributed by atoms with Crippen LogP contribution >= 0.6 is 0 Å². The molecule has 126 valence electrons. The third-order valence-electron chi connectivity index (χ3n) is 4.66. The standard InChI is InChI=1S/C20H19N3O2/c1-2-25-18(24)20(14-21)19(15-22-23-20,17-11-7-4-8-12-17)13-16-9-5-3-6-10-16/h3-12H,2,13,15H2,1H3. The van der Waals surface area contributed by atoms with Gasteiger partial charge in [-0.2, -0.15) is 15.5 Å². The van der Waals surface area contributed by atoms with Gasteiger partial charge in [0.05, 0.1) is 18.6 Å². The van der Waals surface area contributed by atoms with Crippen LogP contribution in [0.5, 0.6) is 0 Å². The molecule has 0 radical (unpaired) electrons. The molecule has 0 N–H and O–H groups in total. The van der Waals surface area contributed by atoms with Crippen LogP contribution in [0.15, 0.2) is 70.9 Å². The molecule has 0 bridgehead atoms. The minimum Gasteiger partial charge on any atom is -0.463 e. The minimum absolute atomic E-state index is 0.188. The number of hydrogen-bond donors (Lipinski definition) is 0. The molecule has 0 saturated heterocycles. The van der Waals surface area contributed by atoms with Crippen molar-refractivity contribution in [3.8, 4) is 6.07 Å². The molecule has 5 heteroatoms. The van der Waals surface area contributed by atoms with Crippen LogP contribution < -0.4 is 0 Å². The average molecular weight is 333 g/mol. The molecule has 0 aliphatic carbocycles. The highest BCUT2D eigenvalue weighted by atomic mass is 16.5. The molecule has 0 fully saturated rings. The number of rotatable bonds is 5. The number of esters is 1. The van der Waals surface area contributed by atoms with Gasteiger partial charge in [-0.25, -0.2) is 4.79 Å². The zero-order valence-electron chi connectivity index (χ0n) is 14.1. The average Bonchev–Trinajstić information content (AvgIpc) is 3.04. The van der Waals surface area contributed by atoms with Gasteiger partial charge in [-0.15, -0.1) is 0 Å². The first kappa shape index (κ1) is 16.8. The number of hydrogen-bond acceptors (Lipinski definition) is 5. The summed E-state index contributed by atoms with van der Waals surface area (Å²) in [6, 6.07) is 21.5. The number of ether oxygens (including phenoxy) is 1. The summed E-state index contributed by atoms with van der Waals surface area (Å²) in [5, 5.41) is 18.2. The van der Waals surface area contributed by atoms with Crippen molar-refractivity contribution in [2.24, 2.45) is 10.2 Å². The Hall–Kier alpha value is -3.00. The number of benzene rings is 2. The molecular weight excluding hydrogens is 314 g/mol. The molecule has 25 heavy (non-hydrogen) atoms. The van der Waals surface area contributed by atoms with E-state index in [0.717, 1.165) is 11.1 Å². The van der Waals surface area contributed by atoms with Gasteiger partial charge in [0.15, 0.2) is 0 Å². The third kappa shape index (κ3) is 2.70. The van der Waals surface area contributed by atoms with Crippen molar-refractivity contribution >= 4 is 5.97 Å². The molecule has 2 unspecified atom stereocenters. The minimum atomic E-state index is -1.68. The van der Waals surface area contributed by atoms with Gasteiger partial charge >= 0.3 is 5.97 Å². The zero-order valence-corrected chi connectivity index (χ0v) is 14.1. The van der Waals surface area contributed by atoms with Crippen molar-refractivity contribution in [2.75, 3.05) is 13.2 Å². The Balaban J connectivity index is 2.17.